The van der Waals surface area contributed by atoms with Gasteiger partial charge in [-0.05, 0) is 31.5 Å². The van der Waals surface area contributed by atoms with E-state index in [9.17, 15) is 4.79 Å². The highest BCUT2D eigenvalue weighted by molar-refractivity contribution is 5.95. The number of fused-ring (bicyclic) bond motifs is 1. The average molecular weight is 290 g/mol. The van der Waals surface area contributed by atoms with E-state index in [1.54, 1.807) is 0 Å². The molecule has 2 heterocycles. The van der Waals surface area contributed by atoms with E-state index < -0.39 is 0 Å². The minimum absolute atomic E-state index is 0.0128. The topological polar surface area (TPSA) is 50.8 Å². The van der Waals surface area contributed by atoms with Crippen LogP contribution in [0, 0.1) is 6.92 Å². The van der Waals surface area contributed by atoms with Gasteiger partial charge in [0, 0.05) is 19.0 Å². The fraction of sp³-hybridized carbons (Fsp3) is 0.562. The average Bonchev–Trinajstić information content (AvgIpc) is 2.47. The number of carbonyl (C=O) groups is 1. The molecule has 1 saturated heterocycles. The summed E-state index contributed by atoms with van der Waals surface area (Å²) in [5, 5.41) is 3.33. The van der Waals surface area contributed by atoms with Crippen LogP contribution in [0.3, 0.4) is 0 Å². The number of carbonyl (C=O) groups excluding carboxylic acids is 1. The van der Waals surface area contributed by atoms with E-state index in [1.807, 2.05) is 36.9 Å². The van der Waals surface area contributed by atoms with Gasteiger partial charge in [0.25, 0.3) is 0 Å². The second-order valence-electron chi connectivity index (χ2n) is 5.83. The molecule has 0 radical (unpaired) electrons. The van der Waals surface area contributed by atoms with E-state index >= 15 is 0 Å². The van der Waals surface area contributed by atoms with Crippen LogP contribution in [0.5, 0.6) is 5.75 Å². The molecular formula is C16H22N2O3. The number of aryl methyl sites for hydroxylation is 1. The number of benzene rings is 1. The van der Waals surface area contributed by atoms with E-state index in [-0.39, 0.29) is 18.1 Å². The molecular weight excluding hydrogens is 268 g/mol. The Hall–Kier alpha value is -1.59. The van der Waals surface area contributed by atoms with Crippen molar-refractivity contribution < 1.29 is 14.3 Å². The Morgan fingerprint density at radius 2 is 2.33 bits per heavy atom. The van der Waals surface area contributed by atoms with E-state index in [2.05, 4.69) is 5.32 Å². The Balaban J connectivity index is 1.76. The number of nitrogens with one attached hydrogen (secondary N) is 1. The van der Waals surface area contributed by atoms with Gasteiger partial charge >= 0.3 is 0 Å². The zero-order valence-corrected chi connectivity index (χ0v) is 12.6. The van der Waals surface area contributed by atoms with Gasteiger partial charge < -0.3 is 19.7 Å². The third-order valence-electron chi connectivity index (χ3n) is 3.89. The normalized spacial score (nSPS) is 25.1. The Morgan fingerprint density at radius 1 is 1.48 bits per heavy atom. The third-order valence-corrected chi connectivity index (χ3v) is 3.89. The van der Waals surface area contributed by atoms with Crippen LogP contribution in [0.2, 0.25) is 0 Å². The summed E-state index contributed by atoms with van der Waals surface area (Å²) in [4.78, 5) is 14.5. The van der Waals surface area contributed by atoms with E-state index in [0.717, 1.165) is 30.2 Å². The summed E-state index contributed by atoms with van der Waals surface area (Å²) in [6.45, 7) is 6.76. The number of amides is 1. The van der Waals surface area contributed by atoms with Gasteiger partial charge in [-0.1, -0.05) is 6.07 Å². The van der Waals surface area contributed by atoms with Crippen molar-refractivity contribution in [2.45, 2.75) is 32.4 Å². The molecule has 0 saturated carbocycles. The first kappa shape index (κ1) is 14.4. The highest BCUT2D eigenvalue weighted by Gasteiger charge is 2.29. The molecule has 2 unspecified atom stereocenters. The van der Waals surface area contributed by atoms with Crippen LogP contribution in [0.15, 0.2) is 18.2 Å². The summed E-state index contributed by atoms with van der Waals surface area (Å²) >= 11 is 0. The quantitative estimate of drug-likeness (QED) is 0.896. The zero-order valence-electron chi connectivity index (χ0n) is 12.6. The van der Waals surface area contributed by atoms with E-state index in [4.69, 9.17) is 9.47 Å². The minimum Gasteiger partial charge on any atom is -0.487 e. The Bertz CT molecular complexity index is 526. The van der Waals surface area contributed by atoms with Crippen LogP contribution in [0.1, 0.15) is 18.9 Å². The van der Waals surface area contributed by atoms with Crippen LogP contribution in [0.25, 0.3) is 0 Å². The maximum atomic E-state index is 12.6. The van der Waals surface area contributed by atoms with Crippen LogP contribution in [-0.2, 0) is 9.53 Å². The van der Waals surface area contributed by atoms with Gasteiger partial charge in [-0.3, -0.25) is 4.79 Å². The van der Waals surface area contributed by atoms with Crippen LogP contribution in [0.4, 0.5) is 5.69 Å². The van der Waals surface area contributed by atoms with Gasteiger partial charge in [0.2, 0.25) is 5.91 Å². The molecule has 0 spiro atoms. The Morgan fingerprint density at radius 3 is 3.10 bits per heavy atom. The molecule has 1 aromatic carbocycles. The zero-order chi connectivity index (χ0) is 14.8. The van der Waals surface area contributed by atoms with Crippen molar-refractivity contribution in [3.05, 3.63) is 23.8 Å². The van der Waals surface area contributed by atoms with Gasteiger partial charge in [-0.25, -0.2) is 0 Å². The van der Waals surface area contributed by atoms with Crippen LogP contribution in [-0.4, -0.2) is 44.4 Å². The SMILES string of the molecule is Cc1ccc2c(c1)OC(C)CN2C(=O)CC1COCCN1. The number of rotatable bonds is 2. The molecule has 1 amide bonds. The fourth-order valence-corrected chi connectivity index (χ4v) is 2.86. The van der Waals surface area contributed by atoms with Crippen LogP contribution >= 0.6 is 0 Å². The Labute approximate surface area is 125 Å². The molecule has 2 aliphatic heterocycles. The number of ether oxygens (including phenoxy) is 2. The summed E-state index contributed by atoms with van der Waals surface area (Å²) in [6.07, 6.45) is 0.471. The summed E-state index contributed by atoms with van der Waals surface area (Å²) in [5.41, 5.74) is 2.01. The summed E-state index contributed by atoms with van der Waals surface area (Å²) in [6, 6.07) is 6.09. The number of hydrogen-bond donors (Lipinski definition) is 1. The van der Waals surface area contributed by atoms with Crippen molar-refractivity contribution in [2.75, 3.05) is 31.2 Å². The Kier molecular flexibility index (Phi) is 4.12. The van der Waals surface area contributed by atoms with E-state index in [0.29, 0.717) is 19.6 Å². The van der Waals surface area contributed by atoms with Crippen molar-refractivity contribution in [1.29, 1.82) is 0 Å². The first-order valence-electron chi connectivity index (χ1n) is 7.52. The maximum Gasteiger partial charge on any atom is 0.228 e. The predicted molar refractivity (Wildman–Crippen MR) is 80.8 cm³/mol. The molecule has 0 aromatic heterocycles. The monoisotopic (exact) mass is 290 g/mol. The standard InChI is InChI=1S/C16H22N2O3/c1-11-3-4-14-15(7-11)21-12(2)9-18(14)16(19)8-13-10-20-6-5-17-13/h3-4,7,12-13,17H,5-6,8-10H2,1-2H3. The van der Waals surface area contributed by atoms with Gasteiger partial charge in [0.15, 0.2) is 0 Å². The summed E-state index contributed by atoms with van der Waals surface area (Å²) < 4.78 is 11.3. The third kappa shape index (κ3) is 3.19. The highest BCUT2D eigenvalue weighted by Crippen LogP contribution is 2.34. The molecule has 2 aliphatic rings. The van der Waals surface area contributed by atoms with Gasteiger partial charge in [0.05, 0.1) is 25.4 Å². The second-order valence-corrected chi connectivity index (χ2v) is 5.83. The van der Waals surface area contributed by atoms with Crippen molar-refractivity contribution in [2.24, 2.45) is 0 Å². The molecule has 1 aromatic rings. The first-order chi connectivity index (χ1) is 10.1. The van der Waals surface area contributed by atoms with Gasteiger partial charge in [-0.2, -0.15) is 0 Å². The van der Waals surface area contributed by atoms with Gasteiger partial charge in [0.1, 0.15) is 11.9 Å². The lowest BCUT2D eigenvalue weighted by atomic mass is 10.1. The highest BCUT2D eigenvalue weighted by atomic mass is 16.5. The fourth-order valence-electron chi connectivity index (χ4n) is 2.86. The molecule has 3 rings (SSSR count). The second kappa shape index (κ2) is 6.03. The molecule has 5 nitrogen and oxygen atoms in total. The molecule has 1 fully saturated rings. The van der Waals surface area contributed by atoms with E-state index in [1.165, 1.54) is 0 Å². The molecule has 21 heavy (non-hydrogen) atoms. The number of anilines is 1. The maximum absolute atomic E-state index is 12.6. The predicted octanol–water partition coefficient (Wildman–Crippen LogP) is 1.49. The number of morpholine rings is 1. The smallest absolute Gasteiger partial charge is 0.228 e. The first-order valence-corrected chi connectivity index (χ1v) is 7.52. The minimum atomic E-state index is 0.0128. The number of nitrogens with zero attached hydrogens (tertiary/aromatic N) is 1. The van der Waals surface area contributed by atoms with Crippen molar-refractivity contribution >= 4 is 11.6 Å². The molecule has 2 atom stereocenters. The van der Waals surface area contributed by atoms with Crippen molar-refractivity contribution in [1.82, 2.24) is 5.32 Å². The molecule has 5 heteroatoms. The summed E-state index contributed by atoms with van der Waals surface area (Å²) in [5.74, 6) is 0.924. The largest absolute Gasteiger partial charge is 0.487 e. The lowest BCUT2D eigenvalue weighted by Gasteiger charge is -2.35. The van der Waals surface area contributed by atoms with Gasteiger partial charge in [-0.15, -0.1) is 0 Å². The molecule has 114 valence electrons. The molecule has 0 bridgehead atoms. The van der Waals surface area contributed by atoms with Crippen molar-refractivity contribution in [3.8, 4) is 5.75 Å². The lowest BCUT2D eigenvalue weighted by molar-refractivity contribution is -0.120. The summed E-state index contributed by atoms with van der Waals surface area (Å²) in [7, 11) is 0. The molecule has 0 aliphatic carbocycles. The molecule has 1 N–H and O–H groups in total. The van der Waals surface area contributed by atoms with Crippen molar-refractivity contribution in [3.63, 3.8) is 0 Å². The lowest BCUT2D eigenvalue weighted by Crippen LogP contribution is -2.48. The number of hydrogen-bond acceptors (Lipinski definition) is 4. The van der Waals surface area contributed by atoms with Crippen LogP contribution < -0.4 is 15.0 Å².